The van der Waals surface area contributed by atoms with Crippen LogP contribution in [0.5, 0.6) is 0 Å². The summed E-state index contributed by atoms with van der Waals surface area (Å²) in [5.41, 5.74) is 3.32. The molecule has 1 aliphatic rings. The molecule has 1 atom stereocenters. The minimum absolute atomic E-state index is 0.000551. The van der Waals surface area contributed by atoms with Crippen LogP contribution in [-0.2, 0) is 22.4 Å². The van der Waals surface area contributed by atoms with E-state index >= 15 is 0 Å². The fourth-order valence-electron chi connectivity index (χ4n) is 4.51. The van der Waals surface area contributed by atoms with Gasteiger partial charge in [0, 0.05) is 12.6 Å². The van der Waals surface area contributed by atoms with Crippen LogP contribution in [0.4, 0.5) is 0 Å². The summed E-state index contributed by atoms with van der Waals surface area (Å²) in [6, 6.07) is 18.0. The van der Waals surface area contributed by atoms with Gasteiger partial charge in [0.1, 0.15) is 6.04 Å². The molecule has 3 rings (SSSR count). The molecular formula is C27H36N2O2. The summed E-state index contributed by atoms with van der Waals surface area (Å²) < 4.78 is 0. The fraction of sp³-hybridized carbons (Fsp3) is 0.481. The first-order valence-electron chi connectivity index (χ1n) is 11.8. The van der Waals surface area contributed by atoms with Crippen molar-refractivity contribution in [2.45, 2.75) is 77.3 Å². The molecule has 0 radical (unpaired) electrons. The Morgan fingerprint density at radius 3 is 2.35 bits per heavy atom. The predicted molar refractivity (Wildman–Crippen MR) is 126 cm³/mol. The molecule has 2 aromatic rings. The molecule has 0 aromatic heterocycles. The van der Waals surface area contributed by atoms with Crippen LogP contribution >= 0.6 is 0 Å². The van der Waals surface area contributed by atoms with Crippen LogP contribution < -0.4 is 5.32 Å². The van der Waals surface area contributed by atoms with Crippen molar-refractivity contribution in [3.63, 3.8) is 0 Å². The van der Waals surface area contributed by atoms with E-state index in [1.165, 1.54) is 24.8 Å². The molecule has 4 heteroatoms. The first-order chi connectivity index (χ1) is 15.1. The third-order valence-electron chi connectivity index (χ3n) is 6.42. The number of hydrogen-bond donors (Lipinski definition) is 1. The van der Waals surface area contributed by atoms with Gasteiger partial charge in [-0.15, -0.1) is 0 Å². The topological polar surface area (TPSA) is 49.4 Å². The summed E-state index contributed by atoms with van der Waals surface area (Å²) in [6.07, 6.45) is 7.38. The molecule has 1 saturated carbocycles. The minimum Gasteiger partial charge on any atom is -0.352 e. The van der Waals surface area contributed by atoms with Crippen molar-refractivity contribution in [3.05, 3.63) is 71.3 Å². The zero-order valence-electron chi connectivity index (χ0n) is 19.0. The van der Waals surface area contributed by atoms with Gasteiger partial charge in [-0.2, -0.15) is 0 Å². The number of amides is 2. The smallest absolute Gasteiger partial charge is 0.243 e. The quantitative estimate of drug-likeness (QED) is 0.631. The standard InChI is InChI=1S/C27H36N2O2/c1-3-25(27(31)28-24-16-8-5-9-17-24)29(19-18-22-13-6-4-7-14-22)26(30)20-23-15-11-10-12-21(23)2/h4,6-7,10-15,24-25H,3,5,8-9,16-20H2,1-2H3,(H,28,31)/t25-/m0/s1. The SMILES string of the molecule is CC[C@@H](C(=O)NC1CCCCC1)N(CCc1ccccc1)C(=O)Cc1ccccc1C. The largest absolute Gasteiger partial charge is 0.352 e. The van der Waals surface area contributed by atoms with Crippen LogP contribution in [0.1, 0.15) is 62.1 Å². The second-order valence-electron chi connectivity index (χ2n) is 8.69. The third kappa shape index (κ3) is 6.68. The summed E-state index contributed by atoms with van der Waals surface area (Å²) in [7, 11) is 0. The number of rotatable bonds is 9. The van der Waals surface area contributed by atoms with Gasteiger partial charge in [-0.05, 0) is 49.3 Å². The van der Waals surface area contributed by atoms with Crippen LogP contribution in [0.25, 0.3) is 0 Å². The number of benzene rings is 2. The number of nitrogens with one attached hydrogen (secondary N) is 1. The Morgan fingerprint density at radius 1 is 1.00 bits per heavy atom. The zero-order valence-corrected chi connectivity index (χ0v) is 19.0. The van der Waals surface area contributed by atoms with E-state index in [0.29, 0.717) is 19.4 Å². The van der Waals surface area contributed by atoms with E-state index in [1.54, 1.807) is 0 Å². The van der Waals surface area contributed by atoms with Crippen molar-refractivity contribution in [2.75, 3.05) is 6.54 Å². The molecule has 1 N–H and O–H groups in total. The lowest BCUT2D eigenvalue weighted by Crippen LogP contribution is -2.52. The number of carbonyl (C=O) groups is 2. The van der Waals surface area contributed by atoms with Gasteiger partial charge in [0.25, 0.3) is 0 Å². The Labute approximate surface area is 187 Å². The predicted octanol–water partition coefficient (Wildman–Crippen LogP) is 4.84. The van der Waals surface area contributed by atoms with Gasteiger partial charge in [0.15, 0.2) is 0 Å². The maximum atomic E-state index is 13.4. The van der Waals surface area contributed by atoms with E-state index in [1.807, 2.05) is 61.2 Å². The number of aryl methyl sites for hydroxylation is 1. The average Bonchev–Trinajstić information content (AvgIpc) is 2.79. The summed E-state index contributed by atoms with van der Waals surface area (Å²) in [5.74, 6) is 0.0245. The van der Waals surface area contributed by atoms with Crippen molar-refractivity contribution in [2.24, 2.45) is 0 Å². The lowest BCUT2D eigenvalue weighted by molar-refractivity contribution is -0.140. The molecular weight excluding hydrogens is 384 g/mol. The molecule has 0 spiro atoms. The normalized spacial score (nSPS) is 15.3. The number of carbonyl (C=O) groups excluding carboxylic acids is 2. The molecule has 2 amide bonds. The van der Waals surface area contributed by atoms with Crippen molar-refractivity contribution in [3.8, 4) is 0 Å². The highest BCUT2D eigenvalue weighted by Crippen LogP contribution is 2.19. The van der Waals surface area contributed by atoms with Gasteiger partial charge in [-0.3, -0.25) is 9.59 Å². The van der Waals surface area contributed by atoms with Crippen molar-refractivity contribution in [1.29, 1.82) is 0 Å². The highest BCUT2D eigenvalue weighted by molar-refractivity contribution is 5.88. The van der Waals surface area contributed by atoms with E-state index in [9.17, 15) is 9.59 Å². The van der Waals surface area contributed by atoms with E-state index in [-0.39, 0.29) is 17.9 Å². The van der Waals surface area contributed by atoms with Gasteiger partial charge >= 0.3 is 0 Å². The van der Waals surface area contributed by atoms with Gasteiger partial charge in [-0.1, -0.05) is 80.8 Å². The van der Waals surface area contributed by atoms with E-state index in [4.69, 9.17) is 0 Å². The Balaban J connectivity index is 1.75. The lowest BCUT2D eigenvalue weighted by atomic mass is 9.95. The molecule has 0 bridgehead atoms. The van der Waals surface area contributed by atoms with Crippen molar-refractivity contribution >= 4 is 11.8 Å². The fourth-order valence-corrected chi connectivity index (χ4v) is 4.51. The Morgan fingerprint density at radius 2 is 1.68 bits per heavy atom. The maximum Gasteiger partial charge on any atom is 0.243 e. The Bertz CT molecular complexity index is 843. The zero-order chi connectivity index (χ0) is 22.1. The molecule has 166 valence electrons. The molecule has 0 heterocycles. The molecule has 4 nitrogen and oxygen atoms in total. The Hall–Kier alpha value is -2.62. The van der Waals surface area contributed by atoms with Gasteiger partial charge in [0.05, 0.1) is 6.42 Å². The molecule has 1 fully saturated rings. The van der Waals surface area contributed by atoms with E-state index in [2.05, 4.69) is 17.4 Å². The van der Waals surface area contributed by atoms with Gasteiger partial charge in [-0.25, -0.2) is 0 Å². The minimum atomic E-state index is -0.429. The van der Waals surface area contributed by atoms with Crippen LogP contribution in [0.15, 0.2) is 54.6 Å². The first-order valence-corrected chi connectivity index (χ1v) is 11.8. The van der Waals surface area contributed by atoms with Crippen LogP contribution in [0.2, 0.25) is 0 Å². The average molecular weight is 421 g/mol. The van der Waals surface area contributed by atoms with E-state index in [0.717, 1.165) is 30.4 Å². The number of nitrogens with zero attached hydrogens (tertiary/aromatic N) is 1. The second kappa shape index (κ2) is 11.7. The Kier molecular flexibility index (Phi) is 8.69. The van der Waals surface area contributed by atoms with Crippen LogP contribution in [0.3, 0.4) is 0 Å². The molecule has 0 unspecified atom stereocenters. The van der Waals surface area contributed by atoms with Gasteiger partial charge in [0.2, 0.25) is 11.8 Å². The summed E-state index contributed by atoms with van der Waals surface area (Å²) >= 11 is 0. The summed E-state index contributed by atoms with van der Waals surface area (Å²) in [4.78, 5) is 28.5. The monoisotopic (exact) mass is 420 g/mol. The van der Waals surface area contributed by atoms with Gasteiger partial charge < -0.3 is 10.2 Å². The first kappa shape index (κ1) is 23.1. The molecule has 0 saturated heterocycles. The second-order valence-corrected chi connectivity index (χ2v) is 8.69. The molecule has 1 aliphatic carbocycles. The summed E-state index contributed by atoms with van der Waals surface area (Å²) in [5, 5.41) is 3.25. The maximum absolute atomic E-state index is 13.4. The van der Waals surface area contributed by atoms with Crippen LogP contribution in [0, 0.1) is 6.92 Å². The lowest BCUT2D eigenvalue weighted by Gasteiger charge is -2.33. The molecule has 0 aliphatic heterocycles. The highest BCUT2D eigenvalue weighted by atomic mass is 16.2. The third-order valence-corrected chi connectivity index (χ3v) is 6.42. The summed E-state index contributed by atoms with van der Waals surface area (Å²) in [6.45, 7) is 4.58. The molecule has 2 aromatic carbocycles. The molecule has 31 heavy (non-hydrogen) atoms. The van der Waals surface area contributed by atoms with Crippen molar-refractivity contribution in [1.82, 2.24) is 10.2 Å². The highest BCUT2D eigenvalue weighted by Gasteiger charge is 2.30. The van der Waals surface area contributed by atoms with Crippen LogP contribution in [-0.4, -0.2) is 35.3 Å². The van der Waals surface area contributed by atoms with E-state index < -0.39 is 6.04 Å². The van der Waals surface area contributed by atoms with Crippen molar-refractivity contribution < 1.29 is 9.59 Å². The number of hydrogen-bond acceptors (Lipinski definition) is 2.